The van der Waals surface area contributed by atoms with Crippen LogP contribution in [-0.2, 0) is 4.74 Å². The van der Waals surface area contributed by atoms with Crippen LogP contribution in [0.5, 0.6) is 0 Å². The molecule has 0 bridgehead atoms. The number of aliphatic hydroxyl groups is 1. The molecule has 0 aromatic heterocycles. The smallest absolute Gasteiger partial charge is 0.272 e. The highest BCUT2D eigenvalue weighted by Gasteiger charge is 2.29. The van der Waals surface area contributed by atoms with Crippen LogP contribution in [0.25, 0.3) is 0 Å². The van der Waals surface area contributed by atoms with Gasteiger partial charge in [0.2, 0.25) is 0 Å². The second-order valence-corrected chi connectivity index (χ2v) is 4.42. The van der Waals surface area contributed by atoms with Gasteiger partial charge in [-0.25, -0.2) is 0 Å². The Labute approximate surface area is 105 Å². The average Bonchev–Trinajstić information content (AvgIpc) is 2.70. The van der Waals surface area contributed by atoms with Crippen LogP contribution in [0.1, 0.15) is 12.5 Å². The molecule has 6 heteroatoms. The molecule has 18 heavy (non-hydrogen) atoms. The van der Waals surface area contributed by atoms with Crippen LogP contribution in [0.15, 0.2) is 18.2 Å². The Morgan fingerprint density at radius 3 is 2.83 bits per heavy atom. The zero-order chi connectivity index (χ0) is 13.3. The Kier molecular flexibility index (Phi) is 3.49. The van der Waals surface area contributed by atoms with Crippen LogP contribution >= 0.6 is 0 Å². The molecule has 1 aromatic carbocycles. The van der Waals surface area contributed by atoms with Crippen LogP contribution < -0.4 is 4.90 Å². The summed E-state index contributed by atoms with van der Waals surface area (Å²) in [5.41, 5.74) is 1.61. The van der Waals surface area contributed by atoms with E-state index in [-0.39, 0.29) is 29.5 Å². The summed E-state index contributed by atoms with van der Waals surface area (Å²) < 4.78 is 5.54. The number of nitro benzene ring substituents is 1. The van der Waals surface area contributed by atoms with Gasteiger partial charge in [0.05, 0.1) is 11.5 Å². The van der Waals surface area contributed by atoms with Gasteiger partial charge < -0.3 is 14.7 Å². The van der Waals surface area contributed by atoms with E-state index < -0.39 is 0 Å². The third-order valence-corrected chi connectivity index (χ3v) is 3.14. The van der Waals surface area contributed by atoms with Crippen LogP contribution in [0.2, 0.25) is 0 Å². The molecule has 0 amide bonds. The van der Waals surface area contributed by atoms with Crippen LogP contribution in [-0.4, -0.2) is 35.5 Å². The van der Waals surface area contributed by atoms with Crippen molar-refractivity contribution in [3.8, 4) is 0 Å². The fraction of sp³-hybridized carbons (Fsp3) is 0.500. The summed E-state index contributed by atoms with van der Waals surface area (Å²) >= 11 is 0. The first-order valence-corrected chi connectivity index (χ1v) is 5.81. The third-order valence-electron chi connectivity index (χ3n) is 3.14. The summed E-state index contributed by atoms with van der Waals surface area (Å²) in [4.78, 5) is 12.3. The molecule has 1 saturated heterocycles. The predicted molar refractivity (Wildman–Crippen MR) is 66.6 cm³/mol. The molecule has 2 rings (SSSR count). The zero-order valence-corrected chi connectivity index (χ0v) is 10.4. The van der Waals surface area contributed by atoms with E-state index in [0.29, 0.717) is 12.1 Å². The number of aliphatic hydroxyl groups excluding tert-OH is 1. The quantitative estimate of drug-likeness (QED) is 0.650. The topological polar surface area (TPSA) is 75.8 Å². The van der Waals surface area contributed by atoms with Gasteiger partial charge in [0.15, 0.2) is 0 Å². The maximum atomic E-state index is 10.8. The van der Waals surface area contributed by atoms with Gasteiger partial charge in [-0.2, -0.15) is 0 Å². The first kappa shape index (κ1) is 12.8. The van der Waals surface area contributed by atoms with E-state index in [1.807, 2.05) is 11.8 Å². The minimum absolute atomic E-state index is 0.0210. The second kappa shape index (κ2) is 4.91. The van der Waals surface area contributed by atoms with Gasteiger partial charge in [-0.15, -0.1) is 0 Å². The van der Waals surface area contributed by atoms with Crippen LogP contribution in [0, 0.1) is 17.0 Å². The highest BCUT2D eigenvalue weighted by Crippen LogP contribution is 2.28. The molecule has 1 aliphatic heterocycles. The lowest BCUT2D eigenvalue weighted by Gasteiger charge is -2.22. The fourth-order valence-corrected chi connectivity index (χ4v) is 2.20. The standard InChI is InChI=1S/C12H16N2O4/c1-8-5-10(3-4-12(8)14(16)17)13-6-11(7-15)18-9(13)2/h3-5,9,11,15H,6-7H2,1-2H3/t9-,11-/m0/s1. The number of nitro groups is 1. The summed E-state index contributed by atoms with van der Waals surface area (Å²) in [7, 11) is 0. The lowest BCUT2D eigenvalue weighted by molar-refractivity contribution is -0.385. The van der Waals surface area contributed by atoms with E-state index in [2.05, 4.69) is 0 Å². The minimum Gasteiger partial charge on any atom is -0.394 e. The maximum Gasteiger partial charge on any atom is 0.272 e. The van der Waals surface area contributed by atoms with Crippen LogP contribution in [0.3, 0.4) is 0 Å². The van der Waals surface area contributed by atoms with Crippen molar-refractivity contribution in [1.29, 1.82) is 0 Å². The number of anilines is 1. The van der Waals surface area contributed by atoms with Crippen molar-refractivity contribution in [2.24, 2.45) is 0 Å². The van der Waals surface area contributed by atoms with Crippen molar-refractivity contribution in [3.63, 3.8) is 0 Å². The first-order valence-electron chi connectivity index (χ1n) is 5.81. The third kappa shape index (κ3) is 2.30. The van der Waals surface area contributed by atoms with Crippen LogP contribution in [0.4, 0.5) is 11.4 Å². The number of aryl methyl sites for hydroxylation is 1. The van der Waals surface area contributed by atoms with E-state index in [1.54, 1.807) is 19.1 Å². The summed E-state index contributed by atoms with van der Waals surface area (Å²) in [6.45, 7) is 4.18. The Bertz CT molecular complexity index is 463. The fourth-order valence-electron chi connectivity index (χ4n) is 2.20. The van der Waals surface area contributed by atoms with E-state index >= 15 is 0 Å². The van der Waals surface area contributed by atoms with Gasteiger partial charge in [0, 0.05) is 23.9 Å². The Morgan fingerprint density at radius 2 is 2.33 bits per heavy atom. The van der Waals surface area contributed by atoms with Gasteiger partial charge in [0.1, 0.15) is 12.3 Å². The summed E-state index contributed by atoms with van der Waals surface area (Å²) in [6, 6.07) is 4.99. The molecule has 1 heterocycles. The molecule has 0 aliphatic carbocycles. The molecule has 1 aliphatic rings. The lowest BCUT2D eigenvalue weighted by Crippen LogP contribution is -2.28. The predicted octanol–water partition coefficient (Wildman–Crippen LogP) is 1.45. The van der Waals surface area contributed by atoms with Crippen molar-refractivity contribution in [1.82, 2.24) is 0 Å². The molecule has 1 N–H and O–H groups in total. The molecule has 2 atom stereocenters. The van der Waals surface area contributed by atoms with Crippen molar-refractivity contribution in [2.45, 2.75) is 26.2 Å². The van der Waals surface area contributed by atoms with Gasteiger partial charge in [0.25, 0.3) is 5.69 Å². The van der Waals surface area contributed by atoms with Gasteiger partial charge >= 0.3 is 0 Å². The summed E-state index contributed by atoms with van der Waals surface area (Å²) in [5, 5.41) is 19.8. The zero-order valence-electron chi connectivity index (χ0n) is 10.4. The van der Waals surface area contributed by atoms with Gasteiger partial charge in [-0.3, -0.25) is 10.1 Å². The number of benzene rings is 1. The normalized spacial score (nSPS) is 23.4. The highest BCUT2D eigenvalue weighted by atomic mass is 16.6. The van der Waals surface area contributed by atoms with Crippen molar-refractivity contribution >= 4 is 11.4 Å². The molecule has 6 nitrogen and oxygen atoms in total. The Hall–Kier alpha value is -1.66. The molecule has 1 fully saturated rings. The van der Waals surface area contributed by atoms with Crippen molar-refractivity contribution in [3.05, 3.63) is 33.9 Å². The van der Waals surface area contributed by atoms with E-state index in [9.17, 15) is 10.1 Å². The van der Waals surface area contributed by atoms with E-state index in [0.717, 1.165) is 5.69 Å². The maximum absolute atomic E-state index is 10.8. The van der Waals surface area contributed by atoms with Crippen molar-refractivity contribution < 1.29 is 14.8 Å². The molecular weight excluding hydrogens is 236 g/mol. The van der Waals surface area contributed by atoms with Gasteiger partial charge in [-0.1, -0.05) is 0 Å². The monoisotopic (exact) mass is 252 g/mol. The number of hydrogen-bond acceptors (Lipinski definition) is 5. The highest BCUT2D eigenvalue weighted by molar-refractivity contribution is 5.56. The molecule has 0 spiro atoms. The first-order chi connectivity index (χ1) is 8.52. The molecule has 0 radical (unpaired) electrons. The number of rotatable bonds is 3. The molecule has 0 saturated carbocycles. The Morgan fingerprint density at radius 1 is 1.61 bits per heavy atom. The number of nitrogens with zero attached hydrogens (tertiary/aromatic N) is 2. The SMILES string of the molecule is Cc1cc(N2C[C@@H](CO)O[C@H]2C)ccc1[N+](=O)[O-]. The number of ether oxygens (including phenoxy) is 1. The van der Waals surface area contributed by atoms with E-state index in [4.69, 9.17) is 9.84 Å². The number of hydrogen-bond donors (Lipinski definition) is 1. The Balaban J connectivity index is 2.24. The average molecular weight is 252 g/mol. The molecule has 1 aromatic rings. The van der Waals surface area contributed by atoms with Crippen molar-refractivity contribution in [2.75, 3.05) is 18.1 Å². The van der Waals surface area contributed by atoms with E-state index in [1.165, 1.54) is 6.07 Å². The van der Waals surface area contributed by atoms with Gasteiger partial charge in [-0.05, 0) is 26.0 Å². The molecule has 98 valence electrons. The molecular formula is C12H16N2O4. The second-order valence-electron chi connectivity index (χ2n) is 4.42. The minimum atomic E-state index is -0.389. The largest absolute Gasteiger partial charge is 0.394 e. The summed E-state index contributed by atoms with van der Waals surface area (Å²) in [6.07, 6.45) is -0.335. The summed E-state index contributed by atoms with van der Waals surface area (Å²) in [5.74, 6) is 0. The molecule has 0 unspecified atom stereocenters. The lowest BCUT2D eigenvalue weighted by atomic mass is 10.1.